The highest BCUT2D eigenvalue weighted by Crippen LogP contribution is 2.29. The van der Waals surface area contributed by atoms with Crippen LogP contribution in [0.5, 0.6) is 0 Å². The summed E-state index contributed by atoms with van der Waals surface area (Å²) >= 11 is 1.55. The molecule has 0 spiro atoms. The van der Waals surface area contributed by atoms with E-state index in [1.54, 1.807) is 64.8 Å². The number of para-hydroxylation sites is 1. The van der Waals surface area contributed by atoms with Gasteiger partial charge in [-0.25, -0.2) is 4.68 Å². The number of nitrogens with zero attached hydrogens (tertiary/aromatic N) is 2. The summed E-state index contributed by atoms with van der Waals surface area (Å²) in [5.41, 5.74) is 2.82. The lowest BCUT2D eigenvalue weighted by Crippen LogP contribution is -2.34. The van der Waals surface area contributed by atoms with Gasteiger partial charge in [0.15, 0.2) is 0 Å². The van der Waals surface area contributed by atoms with Crippen molar-refractivity contribution in [1.29, 1.82) is 0 Å². The molecule has 0 saturated carbocycles. The average Bonchev–Trinajstić information content (AvgIpc) is 3.70. The number of hydrogen-bond acceptors (Lipinski definition) is 5. The minimum atomic E-state index is -0.444. The van der Waals surface area contributed by atoms with E-state index in [1.807, 2.05) is 60.1 Å². The van der Waals surface area contributed by atoms with Gasteiger partial charge < -0.3 is 15.1 Å². The van der Waals surface area contributed by atoms with Crippen molar-refractivity contribution in [3.8, 4) is 16.3 Å². The van der Waals surface area contributed by atoms with Gasteiger partial charge in [0.2, 0.25) is 0 Å². The van der Waals surface area contributed by atoms with E-state index in [4.69, 9.17) is 9.52 Å². The molecule has 0 fully saturated rings. The Morgan fingerprint density at radius 2 is 1.72 bits per heavy atom. The molecule has 0 aliphatic carbocycles. The van der Waals surface area contributed by atoms with Crippen molar-refractivity contribution in [2.45, 2.75) is 6.54 Å². The normalized spacial score (nSPS) is 11.3. The third-order valence-electron chi connectivity index (χ3n) is 5.35. The molecule has 0 aliphatic rings. The van der Waals surface area contributed by atoms with Crippen LogP contribution in [0.2, 0.25) is 0 Å². The second-order valence-electron chi connectivity index (χ2n) is 7.83. The van der Waals surface area contributed by atoms with Crippen LogP contribution in [-0.4, -0.2) is 21.6 Å². The zero-order valence-electron chi connectivity index (χ0n) is 19.1. The van der Waals surface area contributed by atoms with E-state index < -0.39 is 5.91 Å². The Morgan fingerprint density at radius 1 is 0.944 bits per heavy atom. The minimum Gasteiger partial charge on any atom is -0.467 e. The van der Waals surface area contributed by atoms with Crippen LogP contribution < -0.4 is 10.6 Å². The fourth-order valence-corrected chi connectivity index (χ4v) is 4.32. The predicted molar refractivity (Wildman–Crippen MR) is 139 cm³/mol. The summed E-state index contributed by atoms with van der Waals surface area (Å²) in [7, 11) is 0. The summed E-state index contributed by atoms with van der Waals surface area (Å²) in [4.78, 5) is 27.1. The molecule has 8 heteroatoms. The third-order valence-corrected chi connectivity index (χ3v) is 6.23. The van der Waals surface area contributed by atoms with Crippen molar-refractivity contribution >= 4 is 29.2 Å². The monoisotopic (exact) mass is 494 g/mol. The van der Waals surface area contributed by atoms with Gasteiger partial charge in [0.1, 0.15) is 17.2 Å². The number of hydrogen-bond donors (Lipinski definition) is 2. The molecule has 0 atom stereocenters. The van der Waals surface area contributed by atoms with Crippen molar-refractivity contribution in [3.63, 3.8) is 0 Å². The highest BCUT2D eigenvalue weighted by molar-refractivity contribution is 7.13. The Morgan fingerprint density at radius 3 is 2.42 bits per heavy atom. The molecular formula is C28H22N4O3S. The van der Waals surface area contributed by atoms with E-state index in [9.17, 15) is 9.59 Å². The summed E-state index contributed by atoms with van der Waals surface area (Å²) in [5, 5.41) is 12.3. The van der Waals surface area contributed by atoms with E-state index in [1.165, 1.54) is 0 Å². The first kappa shape index (κ1) is 23.1. The lowest BCUT2D eigenvalue weighted by Gasteiger charge is -2.10. The summed E-state index contributed by atoms with van der Waals surface area (Å²) in [6.45, 7) is 0.186. The van der Waals surface area contributed by atoms with Gasteiger partial charge in [0, 0.05) is 17.3 Å². The van der Waals surface area contributed by atoms with Gasteiger partial charge in [-0.2, -0.15) is 5.10 Å². The molecule has 2 aromatic carbocycles. The fourth-order valence-electron chi connectivity index (χ4n) is 3.58. The van der Waals surface area contributed by atoms with E-state index in [2.05, 4.69) is 10.6 Å². The largest absolute Gasteiger partial charge is 0.467 e. The molecule has 2 N–H and O–H groups in total. The van der Waals surface area contributed by atoms with Crippen molar-refractivity contribution in [1.82, 2.24) is 20.4 Å². The molecule has 2 amide bonds. The van der Waals surface area contributed by atoms with E-state index in [0.29, 0.717) is 22.6 Å². The summed E-state index contributed by atoms with van der Waals surface area (Å²) in [6, 6.07) is 25.9. The topological polar surface area (TPSA) is 89.2 Å². The molecule has 5 aromatic rings. The fraction of sp³-hybridized carbons (Fsp3) is 0.0357. The van der Waals surface area contributed by atoms with Crippen LogP contribution in [0.3, 0.4) is 0 Å². The number of thiophene rings is 1. The number of benzene rings is 2. The second-order valence-corrected chi connectivity index (χ2v) is 8.78. The van der Waals surface area contributed by atoms with E-state index >= 15 is 0 Å². The maximum Gasteiger partial charge on any atom is 0.268 e. The standard InChI is InChI=1S/C28H22N4O3S/c33-27(20-9-3-1-4-10-20)30-24(28(34)29-18-23-13-7-15-35-23)17-21-19-32(22-11-5-2-6-12-22)31-26(21)25-14-8-16-36-25/h1-17,19H,18H2,(H,29,34)(H,30,33)/b24-17-. The molecule has 3 aromatic heterocycles. The van der Waals surface area contributed by atoms with Gasteiger partial charge in [-0.05, 0) is 53.9 Å². The first-order valence-electron chi connectivity index (χ1n) is 11.2. The van der Waals surface area contributed by atoms with Gasteiger partial charge >= 0.3 is 0 Å². The van der Waals surface area contributed by atoms with Crippen molar-refractivity contribution in [3.05, 3.63) is 125 Å². The van der Waals surface area contributed by atoms with Gasteiger partial charge in [-0.1, -0.05) is 42.5 Å². The van der Waals surface area contributed by atoms with Crippen LogP contribution in [0.4, 0.5) is 0 Å². The Kier molecular flexibility index (Phi) is 6.86. The van der Waals surface area contributed by atoms with Crippen LogP contribution in [-0.2, 0) is 11.3 Å². The Labute approximate surface area is 211 Å². The Bertz CT molecular complexity index is 1470. The molecule has 36 heavy (non-hydrogen) atoms. The van der Waals surface area contributed by atoms with E-state index in [0.717, 1.165) is 10.6 Å². The summed E-state index contributed by atoms with van der Waals surface area (Å²) in [5.74, 6) is -0.225. The molecule has 7 nitrogen and oxygen atoms in total. The summed E-state index contributed by atoms with van der Waals surface area (Å²) in [6.07, 6.45) is 5.04. The third kappa shape index (κ3) is 5.34. The van der Waals surface area contributed by atoms with Crippen molar-refractivity contribution < 1.29 is 14.0 Å². The molecule has 0 aliphatic heterocycles. The van der Waals surface area contributed by atoms with Gasteiger partial charge in [-0.15, -0.1) is 11.3 Å². The van der Waals surface area contributed by atoms with Gasteiger partial charge in [0.05, 0.1) is 23.4 Å². The first-order valence-corrected chi connectivity index (χ1v) is 12.1. The zero-order valence-corrected chi connectivity index (χ0v) is 19.9. The van der Waals surface area contributed by atoms with Crippen LogP contribution in [0.15, 0.2) is 113 Å². The highest BCUT2D eigenvalue weighted by Gasteiger charge is 2.18. The van der Waals surface area contributed by atoms with Crippen LogP contribution in [0, 0.1) is 0 Å². The van der Waals surface area contributed by atoms with Crippen molar-refractivity contribution in [2.75, 3.05) is 0 Å². The molecule has 0 bridgehead atoms. The lowest BCUT2D eigenvalue weighted by atomic mass is 10.1. The zero-order chi connectivity index (χ0) is 24.7. The lowest BCUT2D eigenvalue weighted by molar-refractivity contribution is -0.118. The second kappa shape index (κ2) is 10.7. The number of nitrogens with one attached hydrogen (secondary N) is 2. The quantitative estimate of drug-likeness (QED) is 0.287. The first-order chi connectivity index (χ1) is 17.7. The van der Waals surface area contributed by atoms with Gasteiger partial charge in [0.25, 0.3) is 11.8 Å². The molecule has 178 valence electrons. The van der Waals surface area contributed by atoms with Crippen LogP contribution >= 0.6 is 11.3 Å². The Hall–Kier alpha value is -4.69. The SMILES string of the molecule is O=C(NCc1ccco1)/C(=C/c1cn(-c2ccccc2)nc1-c1cccs1)NC(=O)c1ccccc1. The number of aromatic nitrogens is 2. The molecule has 3 heterocycles. The van der Waals surface area contributed by atoms with E-state index in [-0.39, 0.29) is 18.1 Å². The molecular weight excluding hydrogens is 472 g/mol. The molecule has 5 rings (SSSR count). The summed E-state index contributed by atoms with van der Waals surface area (Å²) < 4.78 is 7.08. The average molecular weight is 495 g/mol. The number of furan rings is 1. The molecule has 0 saturated heterocycles. The Balaban J connectivity index is 1.53. The molecule has 0 unspecified atom stereocenters. The number of carbonyl (C=O) groups excluding carboxylic acids is 2. The predicted octanol–water partition coefficient (Wildman–Crippen LogP) is 5.28. The number of amides is 2. The number of rotatable bonds is 8. The minimum absolute atomic E-state index is 0.0980. The maximum atomic E-state index is 13.2. The van der Waals surface area contributed by atoms with Crippen LogP contribution in [0.1, 0.15) is 21.7 Å². The number of carbonyl (C=O) groups is 2. The maximum absolute atomic E-state index is 13.2. The van der Waals surface area contributed by atoms with Crippen molar-refractivity contribution in [2.24, 2.45) is 0 Å². The van der Waals surface area contributed by atoms with Gasteiger partial charge in [-0.3, -0.25) is 9.59 Å². The molecule has 0 radical (unpaired) electrons. The smallest absolute Gasteiger partial charge is 0.268 e. The highest BCUT2D eigenvalue weighted by atomic mass is 32.1. The van der Waals surface area contributed by atoms with Crippen LogP contribution in [0.25, 0.3) is 22.3 Å².